The lowest BCUT2D eigenvalue weighted by Crippen LogP contribution is -2.47. The van der Waals surface area contributed by atoms with Crippen molar-refractivity contribution < 1.29 is 9.53 Å². The first-order valence-corrected chi connectivity index (χ1v) is 13.0. The molecule has 1 amide bonds. The van der Waals surface area contributed by atoms with Gasteiger partial charge in [-0.25, -0.2) is 4.98 Å². The number of likely N-dealkylation sites (tertiary alicyclic amines) is 2. The average Bonchev–Trinajstić information content (AvgIpc) is 3.30. The number of fused-ring (bicyclic) bond motifs is 1. The molecular weight excluding hydrogens is 402 g/mol. The molecule has 0 aromatic carbocycles. The number of imidazole rings is 1. The Morgan fingerprint density at radius 2 is 1.72 bits per heavy atom. The number of ether oxygens (including phenoxy) is 1. The van der Waals surface area contributed by atoms with Crippen LogP contribution in [0.1, 0.15) is 62.9 Å². The van der Waals surface area contributed by atoms with E-state index in [4.69, 9.17) is 9.72 Å². The second-order valence-electron chi connectivity index (χ2n) is 10.6. The van der Waals surface area contributed by atoms with Crippen LogP contribution >= 0.6 is 0 Å². The number of H-pyrrole nitrogens is 1. The number of aromatic nitrogens is 2. The molecule has 7 heteroatoms. The van der Waals surface area contributed by atoms with Gasteiger partial charge in [-0.15, -0.1) is 0 Å². The van der Waals surface area contributed by atoms with Gasteiger partial charge in [0.25, 0.3) is 0 Å². The first-order valence-electron chi connectivity index (χ1n) is 13.0. The van der Waals surface area contributed by atoms with E-state index in [1.807, 2.05) is 11.2 Å². The Balaban J connectivity index is 1.17. The summed E-state index contributed by atoms with van der Waals surface area (Å²) in [5.41, 5.74) is 2.70. The van der Waals surface area contributed by atoms with Crippen LogP contribution in [0, 0.1) is 17.8 Å². The number of hydrogen-bond donors (Lipinski definition) is 1. The van der Waals surface area contributed by atoms with E-state index in [9.17, 15) is 4.79 Å². The number of nitrogens with zero attached hydrogens (tertiary/aromatic N) is 4. The van der Waals surface area contributed by atoms with E-state index in [1.54, 1.807) is 6.92 Å². The smallest absolute Gasteiger partial charge is 0.219 e. The van der Waals surface area contributed by atoms with Crippen molar-refractivity contribution in [3.8, 4) is 0 Å². The molecule has 1 aromatic heterocycles. The number of nitrogens with one attached hydrogen (secondary N) is 1. The van der Waals surface area contributed by atoms with Crippen molar-refractivity contribution in [1.29, 1.82) is 0 Å². The Bertz CT molecular complexity index is 745. The molecule has 1 unspecified atom stereocenters. The van der Waals surface area contributed by atoms with Crippen molar-refractivity contribution in [3.05, 3.63) is 17.7 Å². The molecule has 1 aromatic rings. The summed E-state index contributed by atoms with van der Waals surface area (Å²) in [7, 11) is 0. The lowest BCUT2D eigenvalue weighted by molar-refractivity contribution is -0.130. The fraction of sp³-hybridized carbons (Fsp3) is 0.840. The Labute approximate surface area is 192 Å². The summed E-state index contributed by atoms with van der Waals surface area (Å²) in [5.74, 6) is 2.46. The van der Waals surface area contributed by atoms with Gasteiger partial charge in [0.15, 0.2) is 0 Å². The number of hydrogen-bond acceptors (Lipinski definition) is 5. The van der Waals surface area contributed by atoms with Crippen molar-refractivity contribution in [2.75, 3.05) is 59.0 Å². The number of aromatic amines is 1. The number of carbonyl (C=O) groups is 1. The molecule has 0 aliphatic carbocycles. The minimum absolute atomic E-state index is 0.236. The Kier molecular flexibility index (Phi) is 7.14. The van der Waals surface area contributed by atoms with Gasteiger partial charge in [0, 0.05) is 65.0 Å². The van der Waals surface area contributed by atoms with Crippen molar-refractivity contribution in [3.63, 3.8) is 0 Å². The van der Waals surface area contributed by atoms with Crippen molar-refractivity contribution in [1.82, 2.24) is 24.7 Å². The first-order chi connectivity index (χ1) is 15.7. The highest BCUT2D eigenvalue weighted by molar-refractivity contribution is 5.73. The zero-order chi connectivity index (χ0) is 21.9. The minimum Gasteiger partial charge on any atom is -0.381 e. The molecule has 4 aliphatic rings. The van der Waals surface area contributed by atoms with Crippen molar-refractivity contribution in [2.45, 2.75) is 57.9 Å². The second kappa shape index (κ2) is 10.2. The third kappa shape index (κ3) is 5.05. The van der Waals surface area contributed by atoms with Crippen LogP contribution in [0.3, 0.4) is 0 Å². The van der Waals surface area contributed by atoms with Gasteiger partial charge in [-0.05, 0) is 69.4 Å². The maximum atomic E-state index is 11.6. The predicted octanol–water partition coefficient (Wildman–Crippen LogP) is 2.71. The zero-order valence-electron chi connectivity index (χ0n) is 19.8. The van der Waals surface area contributed by atoms with Gasteiger partial charge in [0.05, 0.1) is 18.1 Å². The van der Waals surface area contributed by atoms with Crippen LogP contribution < -0.4 is 0 Å². The van der Waals surface area contributed by atoms with Gasteiger partial charge in [0.1, 0.15) is 0 Å². The molecule has 0 bridgehead atoms. The highest BCUT2D eigenvalue weighted by Crippen LogP contribution is 2.40. The fourth-order valence-electron chi connectivity index (χ4n) is 6.59. The largest absolute Gasteiger partial charge is 0.381 e. The Hall–Kier alpha value is -1.44. The van der Waals surface area contributed by atoms with Crippen LogP contribution in [-0.4, -0.2) is 89.6 Å². The van der Waals surface area contributed by atoms with E-state index < -0.39 is 0 Å². The second-order valence-corrected chi connectivity index (χ2v) is 10.6. The summed E-state index contributed by atoms with van der Waals surface area (Å²) in [5, 5.41) is 0. The number of carbonyl (C=O) groups excluding carboxylic acids is 1. The van der Waals surface area contributed by atoms with Gasteiger partial charge >= 0.3 is 0 Å². The van der Waals surface area contributed by atoms with Gasteiger partial charge in [-0.1, -0.05) is 0 Å². The topological polar surface area (TPSA) is 64.7 Å². The summed E-state index contributed by atoms with van der Waals surface area (Å²) in [4.78, 5) is 27.3. The molecule has 3 saturated heterocycles. The molecule has 0 saturated carbocycles. The monoisotopic (exact) mass is 443 g/mol. The first kappa shape index (κ1) is 22.4. The lowest BCUT2D eigenvalue weighted by Gasteiger charge is -2.45. The summed E-state index contributed by atoms with van der Waals surface area (Å²) in [6, 6.07) is 0.480. The third-order valence-electron chi connectivity index (χ3n) is 8.56. The van der Waals surface area contributed by atoms with E-state index in [-0.39, 0.29) is 5.91 Å². The van der Waals surface area contributed by atoms with Gasteiger partial charge < -0.3 is 19.5 Å². The lowest BCUT2D eigenvalue weighted by atomic mass is 9.82. The molecule has 1 atom stereocenters. The average molecular weight is 444 g/mol. The standard InChI is InChI=1S/C25H41N5O2/c1-19(31)29-11-2-20(3-12-29)16-28-9-4-22(5-10-28)25-24-23(26-18-27-24)6-13-30(25)17-21-7-14-32-15-8-21/h18,20-22,25H,2-17H2,1H3,(H,26,27). The maximum absolute atomic E-state index is 11.6. The van der Waals surface area contributed by atoms with E-state index in [2.05, 4.69) is 14.8 Å². The molecule has 178 valence electrons. The van der Waals surface area contributed by atoms with Crippen molar-refractivity contribution >= 4 is 5.91 Å². The zero-order valence-corrected chi connectivity index (χ0v) is 19.8. The molecule has 1 N–H and O–H groups in total. The van der Waals surface area contributed by atoms with Crippen LogP contribution in [0.25, 0.3) is 0 Å². The third-order valence-corrected chi connectivity index (χ3v) is 8.56. The summed E-state index contributed by atoms with van der Waals surface area (Å²) >= 11 is 0. The van der Waals surface area contributed by atoms with Crippen LogP contribution in [-0.2, 0) is 16.0 Å². The quantitative estimate of drug-likeness (QED) is 0.758. The Morgan fingerprint density at radius 1 is 1.00 bits per heavy atom. The minimum atomic E-state index is 0.236. The van der Waals surface area contributed by atoms with E-state index in [0.717, 1.165) is 63.9 Å². The number of piperidine rings is 2. The normalized spacial score (nSPS) is 27.5. The molecule has 5 heterocycles. The van der Waals surface area contributed by atoms with E-state index >= 15 is 0 Å². The molecule has 4 aliphatic heterocycles. The summed E-state index contributed by atoms with van der Waals surface area (Å²) in [6.07, 6.45) is 10.3. The number of rotatable bonds is 5. The highest BCUT2D eigenvalue weighted by Gasteiger charge is 2.38. The molecule has 32 heavy (non-hydrogen) atoms. The van der Waals surface area contributed by atoms with Crippen LogP contribution in [0.4, 0.5) is 0 Å². The van der Waals surface area contributed by atoms with Gasteiger partial charge in [-0.3, -0.25) is 9.69 Å². The van der Waals surface area contributed by atoms with E-state index in [0.29, 0.717) is 12.0 Å². The SMILES string of the molecule is CC(=O)N1CCC(CN2CCC(C3c4nc[nH]c4CCN3CC3CCOCC3)CC2)CC1. The molecule has 0 spiro atoms. The molecular formula is C25H41N5O2. The Morgan fingerprint density at radius 3 is 2.44 bits per heavy atom. The molecule has 0 radical (unpaired) electrons. The number of amides is 1. The van der Waals surface area contributed by atoms with Gasteiger partial charge in [0.2, 0.25) is 5.91 Å². The predicted molar refractivity (Wildman–Crippen MR) is 124 cm³/mol. The molecule has 7 nitrogen and oxygen atoms in total. The van der Waals surface area contributed by atoms with Gasteiger partial charge in [-0.2, -0.15) is 0 Å². The highest BCUT2D eigenvalue weighted by atomic mass is 16.5. The fourth-order valence-corrected chi connectivity index (χ4v) is 6.59. The van der Waals surface area contributed by atoms with Crippen LogP contribution in [0.2, 0.25) is 0 Å². The van der Waals surface area contributed by atoms with E-state index in [1.165, 1.54) is 63.3 Å². The van der Waals surface area contributed by atoms with Crippen LogP contribution in [0.15, 0.2) is 6.33 Å². The van der Waals surface area contributed by atoms with Crippen LogP contribution in [0.5, 0.6) is 0 Å². The maximum Gasteiger partial charge on any atom is 0.219 e. The summed E-state index contributed by atoms with van der Waals surface area (Å²) in [6.45, 7) is 11.4. The summed E-state index contributed by atoms with van der Waals surface area (Å²) < 4.78 is 5.61. The van der Waals surface area contributed by atoms with Crippen molar-refractivity contribution in [2.24, 2.45) is 17.8 Å². The molecule has 5 rings (SSSR count). The molecule has 3 fully saturated rings.